The summed E-state index contributed by atoms with van der Waals surface area (Å²) in [5, 5.41) is 2.59. The van der Waals surface area contributed by atoms with Gasteiger partial charge >= 0.3 is 0 Å². The molecule has 0 radical (unpaired) electrons. The molecule has 23 heavy (non-hydrogen) atoms. The zero-order valence-electron chi connectivity index (χ0n) is 13.0. The molecular weight excluding hydrogens is 367 g/mol. The van der Waals surface area contributed by atoms with Crippen LogP contribution in [0, 0.1) is 5.82 Å². The van der Waals surface area contributed by atoms with Gasteiger partial charge in [-0.05, 0) is 60.3 Å². The summed E-state index contributed by atoms with van der Waals surface area (Å²) in [6.07, 6.45) is 2.38. The van der Waals surface area contributed by atoms with Crippen molar-refractivity contribution in [1.29, 1.82) is 0 Å². The molecule has 7 heteroatoms. The van der Waals surface area contributed by atoms with E-state index in [1.54, 1.807) is 11.8 Å². The maximum Gasteiger partial charge on any atom is 0.261 e. The van der Waals surface area contributed by atoms with Gasteiger partial charge in [-0.3, -0.25) is 9.59 Å². The van der Waals surface area contributed by atoms with Crippen molar-refractivity contribution in [1.82, 2.24) is 10.2 Å². The Kier molecular flexibility index (Phi) is 6.38. The summed E-state index contributed by atoms with van der Waals surface area (Å²) in [6.45, 7) is 3.06. The van der Waals surface area contributed by atoms with E-state index < -0.39 is 11.9 Å². The number of amides is 2. The highest BCUT2D eigenvalue weighted by atomic mass is 79.9. The second-order valence-electron chi connectivity index (χ2n) is 5.49. The van der Waals surface area contributed by atoms with Crippen LogP contribution in [0.15, 0.2) is 22.7 Å². The highest BCUT2D eigenvalue weighted by Crippen LogP contribution is 2.26. The van der Waals surface area contributed by atoms with Crippen molar-refractivity contribution in [3.8, 4) is 5.75 Å². The number of nitrogens with zero attached hydrogens (tertiary/aromatic N) is 1. The highest BCUT2D eigenvalue weighted by Gasteiger charge is 2.20. The van der Waals surface area contributed by atoms with Gasteiger partial charge in [-0.2, -0.15) is 0 Å². The molecule has 1 fully saturated rings. The summed E-state index contributed by atoms with van der Waals surface area (Å²) in [6, 6.07) is 3.96. The highest BCUT2D eigenvalue weighted by molar-refractivity contribution is 9.10. The quantitative estimate of drug-likeness (QED) is 0.845. The number of rotatable bonds is 5. The first-order chi connectivity index (χ1) is 11.0. The van der Waals surface area contributed by atoms with Crippen LogP contribution in [-0.4, -0.2) is 42.5 Å². The fourth-order valence-electron chi connectivity index (χ4n) is 2.38. The fraction of sp³-hybridized carbons (Fsp3) is 0.500. The number of likely N-dealkylation sites (tertiary alicyclic amines) is 1. The number of hydrogen-bond donors (Lipinski definition) is 1. The fourth-order valence-corrected chi connectivity index (χ4v) is 2.82. The lowest BCUT2D eigenvalue weighted by molar-refractivity contribution is -0.135. The Bertz CT molecular complexity index is 576. The van der Waals surface area contributed by atoms with E-state index in [-0.39, 0.29) is 18.4 Å². The number of carbonyl (C=O) groups is 2. The summed E-state index contributed by atoms with van der Waals surface area (Å²) >= 11 is 3.18. The summed E-state index contributed by atoms with van der Waals surface area (Å²) in [5.74, 6) is -0.482. The number of piperidine rings is 1. The Morgan fingerprint density at radius 2 is 2.04 bits per heavy atom. The predicted molar refractivity (Wildman–Crippen MR) is 87.6 cm³/mol. The van der Waals surface area contributed by atoms with E-state index in [9.17, 15) is 14.0 Å². The Hall–Kier alpha value is -1.63. The summed E-state index contributed by atoms with van der Waals surface area (Å²) in [5.41, 5.74) is 0. The van der Waals surface area contributed by atoms with Gasteiger partial charge in [0.1, 0.15) is 11.6 Å². The molecule has 2 amide bonds. The topological polar surface area (TPSA) is 58.6 Å². The summed E-state index contributed by atoms with van der Waals surface area (Å²) < 4.78 is 18.9. The van der Waals surface area contributed by atoms with E-state index in [0.29, 0.717) is 10.2 Å². The number of hydrogen-bond acceptors (Lipinski definition) is 3. The van der Waals surface area contributed by atoms with E-state index in [4.69, 9.17) is 4.74 Å². The average molecular weight is 387 g/mol. The molecule has 0 saturated carbocycles. The number of nitrogens with one attached hydrogen (secondary N) is 1. The lowest BCUT2D eigenvalue weighted by Gasteiger charge is -2.27. The van der Waals surface area contributed by atoms with Crippen LogP contribution >= 0.6 is 15.9 Å². The molecule has 1 heterocycles. The van der Waals surface area contributed by atoms with Crippen molar-refractivity contribution >= 4 is 27.7 Å². The van der Waals surface area contributed by atoms with Crippen LogP contribution in [0.25, 0.3) is 0 Å². The van der Waals surface area contributed by atoms with Crippen molar-refractivity contribution < 1.29 is 18.7 Å². The summed E-state index contributed by atoms with van der Waals surface area (Å²) in [4.78, 5) is 25.8. The normalized spacial score (nSPS) is 15.9. The SMILES string of the molecule is C[C@H](Oc1ccc(F)cc1Br)C(=O)NCC(=O)N1CCCCC1. The molecular formula is C16H20BrFN2O3. The number of ether oxygens (including phenoxy) is 1. The molecule has 5 nitrogen and oxygen atoms in total. The van der Waals surface area contributed by atoms with Gasteiger partial charge in [0.2, 0.25) is 5.91 Å². The van der Waals surface area contributed by atoms with E-state index in [0.717, 1.165) is 32.4 Å². The second kappa shape index (κ2) is 8.29. The van der Waals surface area contributed by atoms with E-state index in [1.807, 2.05) is 0 Å². The van der Waals surface area contributed by atoms with Crippen molar-refractivity contribution in [2.45, 2.75) is 32.3 Å². The monoisotopic (exact) mass is 386 g/mol. The molecule has 0 unspecified atom stereocenters. The number of halogens is 2. The molecule has 1 N–H and O–H groups in total. The maximum absolute atomic E-state index is 13.0. The van der Waals surface area contributed by atoms with Crippen LogP contribution in [0.2, 0.25) is 0 Å². The van der Waals surface area contributed by atoms with Gasteiger partial charge in [-0.15, -0.1) is 0 Å². The van der Waals surface area contributed by atoms with Gasteiger partial charge in [0, 0.05) is 13.1 Å². The molecule has 126 valence electrons. The molecule has 1 aliphatic rings. The molecule has 0 spiro atoms. The first-order valence-electron chi connectivity index (χ1n) is 7.64. The minimum atomic E-state index is -0.786. The second-order valence-corrected chi connectivity index (χ2v) is 6.35. The van der Waals surface area contributed by atoms with E-state index >= 15 is 0 Å². The first kappa shape index (κ1) is 17.7. The Labute approximate surface area is 143 Å². The standard InChI is InChI=1S/C16H20BrFN2O3/c1-11(23-14-6-5-12(18)9-13(14)17)16(22)19-10-15(21)20-7-3-2-4-8-20/h5-6,9,11H,2-4,7-8,10H2,1H3,(H,19,22)/t11-/m0/s1. The van der Waals surface area contributed by atoms with Crippen LogP contribution in [0.3, 0.4) is 0 Å². The lowest BCUT2D eigenvalue weighted by atomic mass is 10.1. The molecule has 1 aromatic carbocycles. The zero-order valence-corrected chi connectivity index (χ0v) is 14.6. The molecule has 0 aliphatic carbocycles. The maximum atomic E-state index is 13.0. The Morgan fingerprint density at radius 1 is 1.35 bits per heavy atom. The summed E-state index contributed by atoms with van der Waals surface area (Å²) in [7, 11) is 0. The van der Waals surface area contributed by atoms with Gasteiger partial charge < -0.3 is 15.0 Å². The largest absolute Gasteiger partial charge is 0.480 e. The number of benzene rings is 1. The van der Waals surface area contributed by atoms with Crippen molar-refractivity contribution in [3.05, 3.63) is 28.5 Å². The minimum Gasteiger partial charge on any atom is -0.480 e. The predicted octanol–water partition coefficient (Wildman–Crippen LogP) is 2.48. The van der Waals surface area contributed by atoms with Crippen molar-refractivity contribution in [2.75, 3.05) is 19.6 Å². The minimum absolute atomic E-state index is 0.0306. The van der Waals surface area contributed by atoms with Gasteiger partial charge in [0.25, 0.3) is 5.91 Å². The van der Waals surface area contributed by atoms with Crippen LogP contribution in [0.5, 0.6) is 5.75 Å². The third-order valence-electron chi connectivity index (χ3n) is 3.69. The molecule has 1 saturated heterocycles. The van der Waals surface area contributed by atoms with E-state index in [1.165, 1.54) is 18.2 Å². The van der Waals surface area contributed by atoms with Crippen molar-refractivity contribution in [2.24, 2.45) is 0 Å². The van der Waals surface area contributed by atoms with Crippen LogP contribution in [-0.2, 0) is 9.59 Å². The zero-order chi connectivity index (χ0) is 16.8. The molecule has 0 bridgehead atoms. The van der Waals surface area contributed by atoms with Gasteiger partial charge in [0.15, 0.2) is 6.10 Å². The third kappa shape index (κ3) is 5.20. The lowest BCUT2D eigenvalue weighted by Crippen LogP contribution is -2.45. The van der Waals surface area contributed by atoms with Crippen LogP contribution in [0.1, 0.15) is 26.2 Å². The molecule has 0 aromatic heterocycles. The molecule has 1 aromatic rings. The first-order valence-corrected chi connectivity index (χ1v) is 8.44. The Morgan fingerprint density at radius 3 is 2.70 bits per heavy atom. The van der Waals surface area contributed by atoms with Gasteiger partial charge in [-0.25, -0.2) is 4.39 Å². The van der Waals surface area contributed by atoms with Crippen LogP contribution in [0.4, 0.5) is 4.39 Å². The molecule has 1 aliphatic heterocycles. The average Bonchev–Trinajstić information content (AvgIpc) is 2.55. The van der Waals surface area contributed by atoms with Gasteiger partial charge in [0.05, 0.1) is 11.0 Å². The van der Waals surface area contributed by atoms with Gasteiger partial charge in [-0.1, -0.05) is 0 Å². The van der Waals surface area contributed by atoms with E-state index in [2.05, 4.69) is 21.2 Å². The van der Waals surface area contributed by atoms with Crippen LogP contribution < -0.4 is 10.1 Å². The third-order valence-corrected chi connectivity index (χ3v) is 4.31. The molecule has 2 rings (SSSR count). The number of carbonyl (C=O) groups excluding carboxylic acids is 2. The smallest absolute Gasteiger partial charge is 0.261 e. The Balaban J connectivity index is 1.81. The van der Waals surface area contributed by atoms with Crippen molar-refractivity contribution in [3.63, 3.8) is 0 Å². The molecule has 1 atom stereocenters.